The molecule has 6 heteroatoms. The maximum absolute atomic E-state index is 12.8. The van der Waals surface area contributed by atoms with Crippen molar-refractivity contribution in [1.82, 2.24) is 4.31 Å². The van der Waals surface area contributed by atoms with Gasteiger partial charge in [-0.3, -0.25) is 0 Å². The topological polar surface area (TPSA) is 63.4 Å². The summed E-state index contributed by atoms with van der Waals surface area (Å²) in [6.07, 6.45) is 0.805. The smallest absolute Gasteiger partial charge is 0.218 e. The van der Waals surface area contributed by atoms with Gasteiger partial charge in [-0.05, 0) is 43.5 Å². The Morgan fingerprint density at radius 2 is 2.00 bits per heavy atom. The van der Waals surface area contributed by atoms with Crippen molar-refractivity contribution in [2.75, 3.05) is 13.1 Å². The van der Waals surface area contributed by atoms with Crippen molar-refractivity contribution in [2.45, 2.75) is 25.1 Å². The van der Waals surface area contributed by atoms with E-state index in [0.29, 0.717) is 18.7 Å². The van der Waals surface area contributed by atoms with Crippen molar-refractivity contribution in [1.29, 1.82) is 0 Å². The quantitative estimate of drug-likeness (QED) is 0.908. The van der Waals surface area contributed by atoms with Gasteiger partial charge in [-0.2, -0.15) is 4.31 Å². The van der Waals surface area contributed by atoms with E-state index in [9.17, 15) is 12.8 Å². The van der Waals surface area contributed by atoms with Crippen molar-refractivity contribution in [3.05, 3.63) is 35.6 Å². The van der Waals surface area contributed by atoms with Crippen molar-refractivity contribution in [3.8, 4) is 0 Å². The minimum atomic E-state index is -3.36. The summed E-state index contributed by atoms with van der Waals surface area (Å²) in [5, 5.41) is 0. The van der Waals surface area contributed by atoms with Gasteiger partial charge < -0.3 is 5.73 Å². The summed E-state index contributed by atoms with van der Waals surface area (Å²) < 4.78 is 39.0. The lowest BCUT2D eigenvalue weighted by molar-refractivity contribution is 0.404. The molecule has 1 heterocycles. The van der Waals surface area contributed by atoms with Crippen LogP contribution in [0.25, 0.3) is 0 Å². The molecule has 0 bridgehead atoms. The zero-order valence-electron chi connectivity index (χ0n) is 10.9. The van der Waals surface area contributed by atoms with E-state index in [0.717, 1.165) is 6.42 Å². The van der Waals surface area contributed by atoms with E-state index in [1.807, 2.05) is 6.92 Å². The molecule has 2 N–H and O–H groups in total. The van der Waals surface area contributed by atoms with E-state index in [4.69, 9.17) is 5.73 Å². The zero-order valence-corrected chi connectivity index (χ0v) is 11.7. The van der Waals surface area contributed by atoms with Crippen LogP contribution in [0.4, 0.5) is 4.39 Å². The Hall–Kier alpha value is -0.980. The minimum Gasteiger partial charge on any atom is -0.330 e. The van der Waals surface area contributed by atoms with Crippen molar-refractivity contribution in [3.63, 3.8) is 0 Å². The van der Waals surface area contributed by atoms with Crippen LogP contribution >= 0.6 is 0 Å². The third-order valence-corrected chi connectivity index (χ3v) is 5.48. The van der Waals surface area contributed by atoms with Crippen LogP contribution in [0.15, 0.2) is 24.3 Å². The summed E-state index contributed by atoms with van der Waals surface area (Å²) in [4.78, 5) is 0. The van der Waals surface area contributed by atoms with Gasteiger partial charge in [0.05, 0.1) is 5.75 Å². The molecule has 0 aliphatic carbocycles. The number of nitrogens with zero attached hydrogens (tertiary/aromatic N) is 1. The largest absolute Gasteiger partial charge is 0.330 e. The molecule has 106 valence electrons. The predicted molar refractivity (Wildman–Crippen MR) is 72.4 cm³/mol. The predicted octanol–water partition coefficient (Wildman–Crippen LogP) is 1.32. The fourth-order valence-electron chi connectivity index (χ4n) is 2.54. The Kier molecular flexibility index (Phi) is 4.23. The van der Waals surface area contributed by atoms with E-state index >= 15 is 0 Å². The number of benzene rings is 1. The highest BCUT2D eigenvalue weighted by Gasteiger charge is 2.36. The number of halogens is 1. The third-order valence-electron chi connectivity index (χ3n) is 3.56. The van der Waals surface area contributed by atoms with Gasteiger partial charge in [0.1, 0.15) is 5.82 Å². The summed E-state index contributed by atoms with van der Waals surface area (Å²) in [6.45, 7) is 2.89. The molecule has 1 saturated heterocycles. The molecule has 1 fully saturated rings. The van der Waals surface area contributed by atoms with Crippen LogP contribution in [0.2, 0.25) is 0 Å². The van der Waals surface area contributed by atoms with Crippen molar-refractivity contribution in [2.24, 2.45) is 11.7 Å². The molecule has 0 radical (unpaired) electrons. The van der Waals surface area contributed by atoms with Crippen LogP contribution in [-0.4, -0.2) is 31.9 Å². The lowest BCUT2D eigenvalue weighted by Crippen LogP contribution is -2.35. The molecule has 1 aliphatic heterocycles. The average molecular weight is 286 g/mol. The number of hydrogen-bond donors (Lipinski definition) is 1. The molecule has 0 amide bonds. The normalized spacial score (nSPS) is 24.8. The molecule has 1 aliphatic rings. The lowest BCUT2D eigenvalue weighted by Gasteiger charge is -2.21. The first kappa shape index (κ1) is 14.4. The maximum atomic E-state index is 12.8. The Balaban J connectivity index is 2.12. The standard InChI is InChI=1S/C13H19FN2O2S/c1-10-6-12(7-15)8-16(10)19(17,18)9-11-2-4-13(14)5-3-11/h2-5,10,12H,6-9,15H2,1H3. The number of hydrogen-bond acceptors (Lipinski definition) is 3. The van der Waals surface area contributed by atoms with Crippen LogP contribution in [0, 0.1) is 11.7 Å². The number of sulfonamides is 1. The monoisotopic (exact) mass is 286 g/mol. The van der Waals surface area contributed by atoms with Gasteiger partial charge in [0, 0.05) is 12.6 Å². The van der Waals surface area contributed by atoms with Crippen molar-refractivity contribution < 1.29 is 12.8 Å². The molecule has 0 aromatic heterocycles. The second kappa shape index (κ2) is 5.56. The molecule has 2 atom stereocenters. The molecule has 0 saturated carbocycles. The summed E-state index contributed by atoms with van der Waals surface area (Å²) >= 11 is 0. The highest BCUT2D eigenvalue weighted by atomic mass is 32.2. The molecule has 2 unspecified atom stereocenters. The Morgan fingerprint density at radius 3 is 2.53 bits per heavy atom. The molecule has 2 rings (SSSR count). The van der Waals surface area contributed by atoms with E-state index in [2.05, 4.69) is 0 Å². The SMILES string of the molecule is CC1CC(CN)CN1S(=O)(=O)Cc1ccc(F)cc1. The summed E-state index contributed by atoms with van der Waals surface area (Å²) in [7, 11) is -3.36. The summed E-state index contributed by atoms with van der Waals surface area (Å²) in [5.74, 6) is -0.216. The van der Waals surface area contributed by atoms with Gasteiger partial charge in [0.25, 0.3) is 0 Å². The van der Waals surface area contributed by atoms with Gasteiger partial charge in [0.15, 0.2) is 0 Å². The summed E-state index contributed by atoms with van der Waals surface area (Å²) in [5.41, 5.74) is 6.21. The molecule has 0 spiro atoms. The van der Waals surface area contributed by atoms with Gasteiger partial charge in [-0.25, -0.2) is 12.8 Å². The van der Waals surface area contributed by atoms with Crippen LogP contribution in [-0.2, 0) is 15.8 Å². The van der Waals surface area contributed by atoms with Crippen LogP contribution < -0.4 is 5.73 Å². The second-order valence-corrected chi connectivity index (χ2v) is 7.06. The van der Waals surface area contributed by atoms with Crippen molar-refractivity contribution >= 4 is 10.0 Å². The zero-order chi connectivity index (χ0) is 14.0. The molecule has 1 aromatic carbocycles. The van der Waals surface area contributed by atoms with E-state index in [1.165, 1.54) is 28.6 Å². The number of nitrogens with two attached hydrogens (primary N) is 1. The van der Waals surface area contributed by atoms with Crippen LogP contribution in [0.1, 0.15) is 18.9 Å². The average Bonchev–Trinajstić information content (AvgIpc) is 2.74. The molecular formula is C13H19FN2O2S. The Morgan fingerprint density at radius 1 is 1.37 bits per heavy atom. The van der Waals surface area contributed by atoms with E-state index in [1.54, 1.807) is 0 Å². The molecular weight excluding hydrogens is 267 g/mol. The van der Waals surface area contributed by atoms with Gasteiger partial charge >= 0.3 is 0 Å². The van der Waals surface area contributed by atoms with E-state index < -0.39 is 10.0 Å². The first-order valence-electron chi connectivity index (χ1n) is 6.36. The Bertz CT molecular complexity index is 530. The third kappa shape index (κ3) is 3.32. The van der Waals surface area contributed by atoms with E-state index in [-0.39, 0.29) is 23.5 Å². The van der Waals surface area contributed by atoms with Crippen LogP contribution in [0.3, 0.4) is 0 Å². The number of rotatable bonds is 4. The second-order valence-electron chi connectivity index (χ2n) is 5.14. The maximum Gasteiger partial charge on any atom is 0.218 e. The Labute approximate surface area is 113 Å². The summed E-state index contributed by atoms with van der Waals surface area (Å²) in [6, 6.07) is 5.56. The molecule has 19 heavy (non-hydrogen) atoms. The van der Waals surface area contributed by atoms with Gasteiger partial charge in [0.2, 0.25) is 10.0 Å². The minimum absolute atomic E-state index is 0.0148. The first-order valence-corrected chi connectivity index (χ1v) is 7.97. The lowest BCUT2D eigenvalue weighted by atomic mass is 10.1. The highest BCUT2D eigenvalue weighted by molar-refractivity contribution is 7.88. The molecule has 1 aromatic rings. The molecule has 4 nitrogen and oxygen atoms in total. The van der Waals surface area contributed by atoms with Gasteiger partial charge in [-0.1, -0.05) is 12.1 Å². The highest BCUT2D eigenvalue weighted by Crippen LogP contribution is 2.26. The van der Waals surface area contributed by atoms with Gasteiger partial charge in [-0.15, -0.1) is 0 Å². The fourth-order valence-corrected chi connectivity index (χ4v) is 4.39. The fraction of sp³-hybridized carbons (Fsp3) is 0.538. The van der Waals surface area contributed by atoms with Crippen LogP contribution in [0.5, 0.6) is 0 Å². The first-order chi connectivity index (χ1) is 8.92.